The van der Waals surface area contributed by atoms with Crippen LogP contribution in [0.2, 0.25) is 0 Å². The maximum Gasteiger partial charge on any atom is 0.122 e. The van der Waals surface area contributed by atoms with Crippen molar-refractivity contribution < 1.29 is 9.47 Å². The third kappa shape index (κ3) is 2.38. The molecule has 0 saturated carbocycles. The molecule has 3 rings (SSSR count). The van der Waals surface area contributed by atoms with Crippen LogP contribution < -0.4 is 10.1 Å². The van der Waals surface area contributed by atoms with Gasteiger partial charge >= 0.3 is 0 Å². The lowest BCUT2D eigenvalue weighted by molar-refractivity contribution is 0.134. The molecule has 98 valence electrons. The van der Waals surface area contributed by atoms with Gasteiger partial charge < -0.3 is 14.8 Å². The first kappa shape index (κ1) is 12.0. The maximum absolute atomic E-state index is 5.54. The van der Waals surface area contributed by atoms with Gasteiger partial charge in [-0.1, -0.05) is 0 Å². The summed E-state index contributed by atoms with van der Waals surface area (Å²) in [7, 11) is 1.76. The Morgan fingerprint density at radius 2 is 2.17 bits per heavy atom. The average Bonchev–Trinajstić information content (AvgIpc) is 2.86. The Bertz CT molecular complexity index is 425. The van der Waals surface area contributed by atoms with Crippen LogP contribution in [0.4, 0.5) is 0 Å². The Kier molecular flexibility index (Phi) is 3.52. The third-order valence-corrected chi connectivity index (χ3v) is 4.03. The summed E-state index contributed by atoms with van der Waals surface area (Å²) < 4.78 is 11.0. The predicted molar refractivity (Wildman–Crippen MR) is 70.8 cm³/mol. The van der Waals surface area contributed by atoms with Crippen LogP contribution in [0, 0.1) is 5.92 Å². The van der Waals surface area contributed by atoms with E-state index in [1.54, 1.807) is 7.11 Å². The molecular weight excluding hydrogens is 226 g/mol. The molecule has 1 unspecified atom stereocenters. The zero-order valence-electron chi connectivity index (χ0n) is 11.0. The van der Waals surface area contributed by atoms with Crippen LogP contribution in [-0.2, 0) is 24.4 Å². The van der Waals surface area contributed by atoms with E-state index in [-0.39, 0.29) is 0 Å². The van der Waals surface area contributed by atoms with Crippen molar-refractivity contribution in [3.63, 3.8) is 0 Å². The monoisotopic (exact) mass is 247 g/mol. The smallest absolute Gasteiger partial charge is 0.122 e. The predicted octanol–water partition coefficient (Wildman–Crippen LogP) is 2.27. The van der Waals surface area contributed by atoms with Crippen LogP contribution in [0.25, 0.3) is 0 Å². The number of methoxy groups -OCH3 is 1. The van der Waals surface area contributed by atoms with Gasteiger partial charge in [-0.25, -0.2) is 0 Å². The Labute approximate surface area is 108 Å². The molecule has 1 N–H and O–H groups in total. The summed E-state index contributed by atoms with van der Waals surface area (Å²) in [4.78, 5) is 0. The fourth-order valence-corrected chi connectivity index (χ4v) is 3.02. The van der Waals surface area contributed by atoms with E-state index in [9.17, 15) is 0 Å². The molecule has 18 heavy (non-hydrogen) atoms. The summed E-state index contributed by atoms with van der Waals surface area (Å²) in [6, 6.07) is 4.45. The first-order valence-corrected chi connectivity index (χ1v) is 6.84. The number of hydrogen-bond donors (Lipinski definition) is 1. The zero-order chi connectivity index (χ0) is 12.4. The molecule has 0 aliphatic carbocycles. The highest BCUT2D eigenvalue weighted by Gasteiger charge is 2.19. The molecule has 0 spiro atoms. The third-order valence-electron chi connectivity index (χ3n) is 4.03. The second-order valence-corrected chi connectivity index (χ2v) is 5.34. The van der Waals surface area contributed by atoms with Crippen molar-refractivity contribution in [1.29, 1.82) is 0 Å². The zero-order valence-corrected chi connectivity index (χ0v) is 11.0. The number of ether oxygens (including phenoxy) is 2. The fraction of sp³-hybridized carbons (Fsp3) is 0.600. The van der Waals surface area contributed by atoms with Crippen LogP contribution >= 0.6 is 0 Å². The van der Waals surface area contributed by atoms with Gasteiger partial charge in [0.25, 0.3) is 0 Å². The van der Waals surface area contributed by atoms with Crippen molar-refractivity contribution in [2.75, 3.05) is 20.2 Å². The van der Waals surface area contributed by atoms with Gasteiger partial charge in [0.05, 0.1) is 20.3 Å². The van der Waals surface area contributed by atoms with Gasteiger partial charge in [0.1, 0.15) is 5.75 Å². The van der Waals surface area contributed by atoms with Crippen LogP contribution in [-0.4, -0.2) is 20.2 Å². The van der Waals surface area contributed by atoms with Gasteiger partial charge in [-0.15, -0.1) is 0 Å². The van der Waals surface area contributed by atoms with Crippen molar-refractivity contribution in [1.82, 2.24) is 5.32 Å². The second-order valence-electron chi connectivity index (χ2n) is 5.34. The molecule has 1 aromatic rings. The second kappa shape index (κ2) is 5.29. The molecule has 0 bridgehead atoms. The number of benzene rings is 1. The molecule has 2 heterocycles. The fourth-order valence-electron chi connectivity index (χ4n) is 3.02. The summed E-state index contributed by atoms with van der Waals surface area (Å²) >= 11 is 0. The van der Waals surface area contributed by atoms with Gasteiger partial charge in [0.2, 0.25) is 0 Å². The standard InChI is InChI=1S/C15H21NO2/c1-17-15-7-14-10-18-9-13(14)6-12(15)5-11-3-2-4-16-8-11/h6-7,11,16H,2-5,8-10H2,1H3. The number of hydrogen-bond acceptors (Lipinski definition) is 3. The number of rotatable bonds is 3. The topological polar surface area (TPSA) is 30.5 Å². The highest BCUT2D eigenvalue weighted by Crippen LogP contribution is 2.31. The largest absolute Gasteiger partial charge is 0.496 e. The molecule has 1 fully saturated rings. The summed E-state index contributed by atoms with van der Waals surface area (Å²) in [5.74, 6) is 1.78. The molecule has 1 saturated heterocycles. The Morgan fingerprint density at radius 1 is 1.33 bits per heavy atom. The average molecular weight is 247 g/mol. The van der Waals surface area contributed by atoms with E-state index >= 15 is 0 Å². The number of nitrogens with one attached hydrogen (secondary N) is 1. The maximum atomic E-state index is 5.54. The summed E-state index contributed by atoms with van der Waals surface area (Å²) in [6.07, 6.45) is 3.73. The van der Waals surface area contributed by atoms with Crippen molar-refractivity contribution in [3.05, 3.63) is 28.8 Å². The van der Waals surface area contributed by atoms with E-state index in [0.717, 1.165) is 37.8 Å². The minimum atomic E-state index is 0.733. The van der Waals surface area contributed by atoms with E-state index in [1.165, 1.54) is 36.1 Å². The van der Waals surface area contributed by atoms with Gasteiger partial charge in [-0.3, -0.25) is 0 Å². The molecule has 1 aromatic carbocycles. The highest BCUT2D eigenvalue weighted by molar-refractivity contribution is 5.43. The summed E-state index contributed by atoms with van der Waals surface area (Å²) in [6.45, 7) is 3.80. The van der Waals surface area contributed by atoms with E-state index in [2.05, 4.69) is 17.4 Å². The summed E-state index contributed by atoms with van der Waals surface area (Å²) in [5, 5.41) is 3.48. The van der Waals surface area contributed by atoms with Gasteiger partial charge in [0, 0.05) is 0 Å². The van der Waals surface area contributed by atoms with Gasteiger partial charge in [-0.05, 0) is 67.1 Å². The molecule has 2 aliphatic rings. The number of piperidine rings is 1. The van der Waals surface area contributed by atoms with E-state index in [0.29, 0.717) is 0 Å². The van der Waals surface area contributed by atoms with Crippen LogP contribution in [0.1, 0.15) is 29.5 Å². The molecule has 0 amide bonds. The molecule has 0 radical (unpaired) electrons. The SMILES string of the molecule is COc1cc2c(cc1CC1CCCNC1)COC2. The van der Waals surface area contributed by atoms with Crippen molar-refractivity contribution >= 4 is 0 Å². The Hall–Kier alpha value is -1.06. The summed E-state index contributed by atoms with van der Waals surface area (Å²) in [5.41, 5.74) is 3.97. The Balaban J connectivity index is 1.81. The lowest BCUT2D eigenvalue weighted by Crippen LogP contribution is -2.30. The van der Waals surface area contributed by atoms with Crippen molar-refractivity contribution in [2.24, 2.45) is 5.92 Å². The lowest BCUT2D eigenvalue weighted by atomic mass is 9.90. The van der Waals surface area contributed by atoms with Gasteiger partial charge in [-0.2, -0.15) is 0 Å². The molecule has 2 aliphatic heterocycles. The Morgan fingerprint density at radius 3 is 2.89 bits per heavy atom. The van der Waals surface area contributed by atoms with Crippen molar-refractivity contribution in [2.45, 2.75) is 32.5 Å². The first-order valence-electron chi connectivity index (χ1n) is 6.84. The van der Waals surface area contributed by atoms with E-state index in [1.807, 2.05) is 0 Å². The number of fused-ring (bicyclic) bond motifs is 1. The minimum Gasteiger partial charge on any atom is -0.496 e. The van der Waals surface area contributed by atoms with E-state index in [4.69, 9.17) is 9.47 Å². The lowest BCUT2D eigenvalue weighted by Gasteiger charge is -2.23. The van der Waals surface area contributed by atoms with E-state index < -0.39 is 0 Å². The minimum absolute atomic E-state index is 0.733. The molecule has 3 nitrogen and oxygen atoms in total. The highest BCUT2D eigenvalue weighted by atomic mass is 16.5. The van der Waals surface area contributed by atoms with Crippen LogP contribution in [0.5, 0.6) is 5.75 Å². The van der Waals surface area contributed by atoms with Crippen LogP contribution in [0.15, 0.2) is 12.1 Å². The van der Waals surface area contributed by atoms with Gasteiger partial charge in [0.15, 0.2) is 0 Å². The molecular formula is C15H21NO2. The van der Waals surface area contributed by atoms with Crippen LogP contribution in [0.3, 0.4) is 0 Å². The quantitative estimate of drug-likeness (QED) is 0.888. The first-order chi connectivity index (χ1) is 8.86. The molecule has 3 heteroatoms. The molecule has 0 aromatic heterocycles. The molecule has 1 atom stereocenters. The van der Waals surface area contributed by atoms with Crippen molar-refractivity contribution in [3.8, 4) is 5.75 Å². The normalized spacial score (nSPS) is 22.8.